The van der Waals surface area contributed by atoms with Crippen LogP contribution in [0.15, 0.2) is 22.7 Å². The summed E-state index contributed by atoms with van der Waals surface area (Å²) < 4.78 is 0.850. The molecule has 3 N–H and O–H groups in total. The Labute approximate surface area is 123 Å². The van der Waals surface area contributed by atoms with Gasteiger partial charge in [-0.05, 0) is 52.4 Å². The number of halogens is 1. The van der Waals surface area contributed by atoms with Gasteiger partial charge in [-0.25, -0.2) is 0 Å². The SMILES string of the molecule is CC1(C)CCCCC1C(=O)Nc1ccc(Br)c(N)c1. The van der Waals surface area contributed by atoms with Gasteiger partial charge in [0.1, 0.15) is 0 Å². The summed E-state index contributed by atoms with van der Waals surface area (Å²) in [7, 11) is 0. The number of amides is 1. The van der Waals surface area contributed by atoms with Gasteiger partial charge in [0.2, 0.25) is 5.91 Å². The van der Waals surface area contributed by atoms with Crippen LogP contribution in [-0.4, -0.2) is 5.91 Å². The standard InChI is InChI=1S/C15H21BrN2O/c1-15(2)8-4-3-5-11(15)14(19)18-10-6-7-12(16)13(17)9-10/h6-7,9,11H,3-5,8,17H2,1-2H3,(H,18,19). The van der Waals surface area contributed by atoms with Crippen LogP contribution in [-0.2, 0) is 4.79 Å². The molecule has 1 aromatic rings. The maximum atomic E-state index is 12.4. The van der Waals surface area contributed by atoms with Crippen LogP contribution in [0.2, 0.25) is 0 Å². The zero-order chi connectivity index (χ0) is 14.0. The fraction of sp³-hybridized carbons (Fsp3) is 0.533. The van der Waals surface area contributed by atoms with E-state index in [-0.39, 0.29) is 17.2 Å². The first kappa shape index (κ1) is 14.4. The second kappa shape index (κ2) is 5.53. The van der Waals surface area contributed by atoms with E-state index in [1.54, 1.807) is 6.07 Å². The summed E-state index contributed by atoms with van der Waals surface area (Å²) in [6.45, 7) is 4.37. The van der Waals surface area contributed by atoms with Crippen molar-refractivity contribution in [1.29, 1.82) is 0 Å². The lowest BCUT2D eigenvalue weighted by Crippen LogP contribution is -2.37. The summed E-state index contributed by atoms with van der Waals surface area (Å²) in [5.74, 6) is 0.206. The Morgan fingerprint density at radius 2 is 2.16 bits per heavy atom. The molecule has 0 radical (unpaired) electrons. The van der Waals surface area contributed by atoms with E-state index in [1.165, 1.54) is 6.42 Å². The van der Waals surface area contributed by atoms with Gasteiger partial charge in [-0.3, -0.25) is 4.79 Å². The van der Waals surface area contributed by atoms with Crippen molar-refractivity contribution in [2.75, 3.05) is 11.1 Å². The highest BCUT2D eigenvalue weighted by Gasteiger charge is 2.37. The molecule has 3 nitrogen and oxygen atoms in total. The lowest BCUT2D eigenvalue weighted by Gasteiger charge is -2.37. The molecule has 0 heterocycles. The minimum Gasteiger partial charge on any atom is -0.398 e. The van der Waals surface area contributed by atoms with Gasteiger partial charge in [0.15, 0.2) is 0 Å². The van der Waals surface area contributed by atoms with E-state index >= 15 is 0 Å². The molecule has 0 aliphatic heterocycles. The van der Waals surface area contributed by atoms with Gasteiger partial charge in [-0.15, -0.1) is 0 Å². The lowest BCUT2D eigenvalue weighted by molar-refractivity contribution is -0.124. The number of carbonyl (C=O) groups is 1. The van der Waals surface area contributed by atoms with Crippen molar-refractivity contribution in [3.63, 3.8) is 0 Å². The molecule has 1 aromatic carbocycles. The van der Waals surface area contributed by atoms with Crippen molar-refractivity contribution in [2.45, 2.75) is 39.5 Å². The lowest BCUT2D eigenvalue weighted by atomic mass is 9.68. The molecule has 0 aromatic heterocycles. The normalized spacial score (nSPS) is 21.9. The van der Waals surface area contributed by atoms with Crippen LogP contribution in [0.4, 0.5) is 11.4 Å². The molecule has 1 fully saturated rings. The molecular weight excluding hydrogens is 304 g/mol. The molecule has 1 atom stereocenters. The molecule has 1 aliphatic rings. The van der Waals surface area contributed by atoms with Crippen LogP contribution in [0.5, 0.6) is 0 Å². The number of carbonyl (C=O) groups excluding carboxylic acids is 1. The summed E-state index contributed by atoms with van der Waals surface area (Å²) >= 11 is 3.35. The van der Waals surface area contributed by atoms with Crippen LogP contribution in [0.1, 0.15) is 39.5 Å². The van der Waals surface area contributed by atoms with E-state index < -0.39 is 0 Å². The van der Waals surface area contributed by atoms with E-state index in [0.717, 1.165) is 29.4 Å². The Kier molecular flexibility index (Phi) is 4.19. The fourth-order valence-electron chi connectivity index (χ4n) is 2.83. The minimum atomic E-state index is 0.0865. The second-order valence-corrected chi connectivity index (χ2v) is 6.87. The molecule has 1 aliphatic carbocycles. The first-order chi connectivity index (χ1) is 8.90. The molecule has 0 saturated heterocycles. The quantitative estimate of drug-likeness (QED) is 0.801. The fourth-order valence-corrected chi connectivity index (χ4v) is 3.08. The Hall–Kier alpha value is -1.03. The van der Waals surface area contributed by atoms with Gasteiger partial charge in [-0.2, -0.15) is 0 Å². The van der Waals surface area contributed by atoms with Crippen molar-refractivity contribution < 1.29 is 4.79 Å². The van der Waals surface area contributed by atoms with Gasteiger partial charge in [0.05, 0.1) is 0 Å². The van der Waals surface area contributed by atoms with E-state index in [1.807, 2.05) is 12.1 Å². The Morgan fingerprint density at radius 3 is 2.79 bits per heavy atom. The third-order valence-corrected chi connectivity index (χ3v) is 4.81. The van der Waals surface area contributed by atoms with E-state index in [0.29, 0.717) is 5.69 Å². The first-order valence-corrected chi connectivity index (χ1v) is 7.55. The number of hydrogen-bond acceptors (Lipinski definition) is 2. The highest BCUT2D eigenvalue weighted by molar-refractivity contribution is 9.10. The average Bonchev–Trinajstić information content (AvgIpc) is 2.33. The molecule has 2 rings (SSSR count). The summed E-state index contributed by atoms with van der Waals surface area (Å²) in [5.41, 5.74) is 7.33. The Balaban J connectivity index is 2.09. The molecular formula is C15H21BrN2O. The van der Waals surface area contributed by atoms with Crippen LogP contribution in [0.25, 0.3) is 0 Å². The van der Waals surface area contributed by atoms with Gasteiger partial charge < -0.3 is 11.1 Å². The maximum Gasteiger partial charge on any atom is 0.228 e. The number of nitrogen functional groups attached to an aromatic ring is 1. The largest absolute Gasteiger partial charge is 0.398 e. The van der Waals surface area contributed by atoms with Crippen molar-refractivity contribution in [1.82, 2.24) is 0 Å². The third kappa shape index (κ3) is 3.30. The molecule has 4 heteroatoms. The van der Waals surface area contributed by atoms with E-state index in [2.05, 4.69) is 35.1 Å². The smallest absolute Gasteiger partial charge is 0.228 e. The highest BCUT2D eigenvalue weighted by atomic mass is 79.9. The number of rotatable bonds is 2. The van der Waals surface area contributed by atoms with Crippen molar-refractivity contribution in [3.8, 4) is 0 Å². The van der Waals surface area contributed by atoms with E-state index in [4.69, 9.17) is 5.73 Å². The summed E-state index contributed by atoms with van der Waals surface area (Å²) in [6, 6.07) is 5.52. The van der Waals surface area contributed by atoms with Crippen LogP contribution < -0.4 is 11.1 Å². The Bertz CT molecular complexity index is 485. The molecule has 1 saturated carbocycles. The summed E-state index contributed by atoms with van der Waals surface area (Å²) in [4.78, 5) is 12.4. The van der Waals surface area contributed by atoms with Gasteiger partial charge >= 0.3 is 0 Å². The Morgan fingerprint density at radius 1 is 1.42 bits per heavy atom. The number of anilines is 2. The van der Waals surface area contributed by atoms with Gasteiger partial charge in [0.25, 0.3) is 0 Å². The molecule has 1 unspecified atom stereocenters. The topological polar surface area (TPSA) is 55.1 Å². The number of benzene rings is 1. The van der Waals surface area contributed by atoms with Crippen molar-refractivity contribution >= 4 is 33.2 Å². The number of hydrogen-bond donors (Lipinski definition) is 2. The molecule has 1 amide bonds. The summed E-state index contributed by atoms with van der Waals surface area (Å²) in [6.07, 6.45) is 4.46. The van der Waals surface area contributed by atoms with Gasteiger partial charge in [-0.1, -0.05) is 26.7 Å². The predicted molar refractivity (Wildman–Crippen MR) is 82.9 cm³/mol. The predicted octanol–water partition coefficient (Wildman–Crippen LogP) is 4.19. The van der Waals surface area contributed by atoms with Crippen molar-refractivity contribution in [3.05, 3.63) is 22.7 Å². The van der Waals surface area contributed by atoms with Crippen LogP contribution in [0.3, 0.4) is 0 Å². The van der Waals surface area contributed by atoms with Crippen molar-refractivity contribution in [2.24, 2.45) is 11.3 Å². The average molecular weight is 325 g/mol. The minimum absolute atomic E-state index is 0.0865. The third-order valence-electron chi connectivity index (χ3n) is 4.09. The monoisotopic (exact) mass is 324 g/mol. The highest BCUT2D eigenvalue weighted by Crippen LogP contribution is 2.41. The van der Waals surface area contributed by atoms with Gasteiger partial charge in [0, 0.05) is 21.8 Å². The maximum absolute atomic E-state index is 12.4. The zero-order valence-electron chi connectivity index (χ0n) is 11.5. The zero-order valence-corrected chi connectivity index (χ0v) is 13.1. The van der Waals surface area contributed by atoms with Crippen LogP contribution in [0, 0.1) is 11.3 Å². The molecule has 104 valence electrons. The number of nitrogens with one attached hydrogen (secondary N) is 1. The molecule has 0 spiro atoms. The molecule has 0 bridgehead atoms. The summed E-state index contributed by atoms with van der Waals surface area (Å²) in [5, 5.41) is 3.00. The number of nitrogens with two attached hydrogens (primary N) is 1. The first-order valence-electron chi connectivity index (χ1n) is 6.76. The van der Waals surface area contributed by atoms with Crippen LogP contribution >= 0.6 is 15.9 Å². The second-order valence-electron chi connectivity index (χ2n) is 6.01. The van der Waals surface area contributed by atoms with E-state index in [9.17, 15) is 4.79 Å². The molecule has 19 heavy (non-hydrogen) atoms.